The van der Waals surface area contributed by atoms with Crippen LogP contribution in [0, 0.1) is 0 Å². The second kappa shape index (κ2) is 7.78. The van der Waals surface area contributed by atoms with Gasteiger partial charge in [0.25, 0.3) is 11.7 Å². The summed E-state index contributed by atoms with van der Waals surface area (Å²) in [5.74, 6) is -1.54. The molecule has 144 valence electrons. The van der Waals surface area contributed by atoms with Crippen molar-refractivity contribution in [1.29, 1.82) is 0 Å². The molecular weight excluding hydrogens is 378 g/mol. The molecule has 4 rings (SSSR count). The number of nitrogens with zero attached hydrogens (tertiary/aromatic N) is 1. The van der Waals surface area contributed by atoms with Crippen molar-refractivity contribution in [3.63, 3.8) is 0 Å². The van der Waals surface area contributed by atoms with E-state index in [9.17, 15) is 14.7 Å². The van der Waals surface area contributed by atoms with Crippen LogP contribution in [-0.2, 0) is 14.3 Å². The summed E-state index contributed by atoms with van der Waals surface area (Å²) in [5.41, 5.74) is 1.15. The highest BCUT2D eigenvalue weighted by Crippen LogP contribution is 2.42. The first-order valence-corrected chi connectivity index (χ1v) is 9.65. The number of halogens is 1. The Bertz CT molecular complexity index is 935. The SMILES string of the molecule is O=C1C(=O)N(C[C@@H]2CCCO2)[C@@H](c2ccccc2Cl)/C1=C(\O)c1ccccc1. The maximum Gasteiger partial charge on any atom is 0.295 e. The van der Waals surface area contributed by atoms with Crippen LogP contribution < -0.4 is 0 Å². The summed E-state index contributed by atoms with van der Waals surface area (Å²) in [4.78, 5) is 27.3. The minimum absolute atomic E-state index is 0.0577. The highest BCUT2D eigenvalue weighted by atomic mass is 35.5. The summed E-state index contributed by atoms with van der Waals surface area (Å²) < 4.78 is 5.68. The van der Waals surface area contributed by atoms with Crippen molar-refractivity contribution in [3.8, 4) is 0 Å². The van der Waals surface area contributed by atoms with Gasteiger partial charge in [-0.1, -0.05) is 60.1 Å². The third-order valence-electron chi connectivity index (χ3n) is 5.21. The van der Waals surface area contributed by atoms with Gasteiger partial charge in [-0.3, -0.25) is 9.59 Å². The molecule has 28 heavy (non-hydrogen) atoms. The number of likely N-dealkylation sites (tertiary alicyclic amines) is 1. The van der Waals surface area contributed by atoms with E-state index in [1.54, 1.807) is 48.5 Å². The molecule has 2 heterocycles. The van der Waals surface area contributed by atoms with Gasteiger partial charge in [-0.15, -0.1) is 0 Å². The van der Waals surface area contributed by atoms with Gasteiger partial charge in [0.1, 0.15) is 5.76 Å². The van der Waals surface area contributed by atoms with Crippen molar-refractivity contribution in [1.82, 2.24) is 4.90 Å². The van der Waals surface area contributed by atoms with Gasteiger partial charge in [0.2, 0.25) is 0 Å². The minimum Gasteiger partial charge on any atom is -0.507 e. The van der Waals surface area contributed by atoms with E-state index in [0.29, 0.717) is 22.8 Å². The number of rotatable bonds is 4. The minimum atomic E-state index is -0.752. The lowest BCUT2D eigenvalue weighted by atomic mass is 9.95. The van der Waals surface area contributed by atoms with E-state index in [1.807, 2.05) is 6.07 Å². The average molecular weight is 398 g/mol. The van der Waals surface area contributed by atoms with Crippen LogP contribution in [0.25, 0.3) is 5.76 Å². The summed E-state index contributed by atoms with van der Waals surface area (Å²) in [6.45, 7) is 0.932. The fourth-order valence-corrected chi connectivity index (χ4v) is 4.09. The number of hydrogen-bond donors (Lipinski definition) is 1. The second-order valence-corrected chi connectivity index (χ2v) is 7.38. The van der Waals surface area contributed by atoms with Gasteiger partial charge >= 0.3 is 0 Å². The van der Waals surface area contributed by atoms with E-state index in [0.717, 1.165) is 12.8 Å². The smallest absolute Gasteiger partial charge is 0.295 e. The first-order valence-electron chi connectivity index (χ1n) is 9.28. The van der Waals surface area contributed by atoms with Gasteiger partial charge in [0.05, 0.1) is 17.7 Å². The molecule has 5 nitrogen and oxygen atoms in total. The number of Topliss-reactive ketones (excluding diaryl/α,β-unsaturated/α-hetero) is 1. The topological polar surface area (TPSA) is 66.8 Å². The normalized spacial score (nSPS) is 24.1. The van der Waals surface area contributed by atoms with Gasteiger partial charge in [-0.2, -0.15) is 0 Å². The molecule has 2 aliphatic rings. The monoisotopic (exact) mass is 397 g/mol. The molecule has 2 aliphatic heterocycles. The van der Waals surface area contributed by atoms with E-state index < -0.39 is 17.7 Å². The molecule has 0 aliphatic carbocycles. The molecule has 0 radical (unpaired) electrons. The number of ketones is 1. The summed E-state index contributed by atoms with van der Waals surface area (Å²) in [6, 6.07) is 15.1. The number of carbonyl (C=O) groups is 2. The van der Waals surface area contributed by atoms with E-state index >= 15 is 0 Å². The van der Waals surface area contributed by atoms with Crippen molar-refractivity contribution in [2.24, 2.45) is 0 Å². The lowest BCUT2D eigenvalue weighted by molar-refractivity contribution is -0.140. The molecule has 1 amide bonds. The Balaban J connectivity index is 1.84. The van der Waals surface area contributed by atoms with Crippen LogP contribution in [0.15, 0.2) is 60.2 Å². The highest BCUT2D eigenvalue weighted by Gasteiger charge is 2.47. The number of hydrogen-bond acceptors (Lipinski definition) is 4. The number of amides is 1. The maximum atomic E-state index is 12.9. The fourth-order valence-electron chi connectivity index (χ4n) is 3.85. The first kappa shape index (κ1) is 18.7. The van der Waals surface area contributed by atoms with E-state index in [-0.39, 0.29) is 24.0 Å². The molecule has 2 fully saturated rings. The van der Waals surface area contributed by atoms with Gasteiger partial charge < -0.3 is 14.7 Å². The Morgan fingerprint density at radius 1 is 1.11 bits per heavy atom. The van der Waals surface area contributed by atoms with Gasteiger partial charge in [-0.25, -0.2) is 0 Å². The molecule has 2 aromatic rings. The zero-order chi connectivity index (χ0) is 19.7. The standard InChI is InChI=1S/C22H20ClNO4/c23-17-11-5-4-10-16(17)19-18(20(25)14-7-2-1-3-8-14)21(26)22(27)24(19)13-15-9-6-12-28-15/h1-5,7-8,10-11,15,19,25H,6,9,12-13H2/b20-18+/t15-,19-/m0/s1. The van der Waals surface area contributed by atoms with Gasteiger partial charge in [-0.05, 0) is 24.5 Å². The number of carbonyl (C=O) groups excluding carboxylic acids is 2. The quantitative estimate of drug-likeness (QED) is 0.482. The molecule has 2 saturated heterocycles. The number of ether oxygens (including phenoxy) is 1. The third-order valence-corrected chi connectivity index (χ3v) is 5.56. The van der Waals surface area contributed by atoms with Crippen LogP contribution in [0.5, 0.6) is 0 Å². The lowest BCUT2D eigenvalue weighted by Gasteiger charge is -2.28. The van der Waals surface area contributed by atoms with E-state index in [1.165, 1.54) is 4.90 Å². The molecule has 2 aromatic carbocycles. The Kier molecular flexibility index (Phi) is 5.20. The molecule has 2 atom stereocenters. The predicted octanol–water partition coefficient (Wildman–Crippen LogP) is 3.94. The zero-order valence-electron chi connectivity index (χ0n) is 15.2. The van der Waals surface area contributed by atoms with Crippen LogP contribution in [0.1, 0.15) is 30.0 Å². The Hall–Kier alpha value is -2.63. The van der Waals surface area contributed by atoms with Crippen molar-refractivity contribution in [2.45, 2.75) is 25.0 Å². The fraction of sp³-hybridized carbons (Fsp3) is 0.273. The largest absolute Gasteiger partial charge is 0.507 e. The number of aliphatic hydroxyl groups excluding tert-OH is 1. The van der Waals surface area contributed by atoms with Crippen LogP contribution >= 0.6 is 11.6 Å². The zero-order valence-corrected chi connectivity index (χ0v) is 15.9. The molecule has 0 aromatic heterocycles. The summed E-state index contributed by atoms with van der Waals surface area (Å²) in [5, 5.41) is 11.4. The number of aliphatic hydroxyl groups is 1. The molecule has 0 saturated carbocycles. The van der Waals surface area contributed by atoms with E-state index in [2.05, 4.69) is 0 Å². The molecule has 1 N–H and O–H groups in total. The summed E-state index contributed by atoms with van der Waals surface area (Å²) in [6.07, 6.45) is 1.63. The van der Waals surface area contributed by atoms with Crippen LogP contribution in [-0.4, -0.2) is 41.0 Å². The van der Waals surface area contributed by atoms with Crippen molar-refractivity contribution < 1.29 is 19.4 Å². The molecule has 0 bridgehead atoms. The second-order valence-electron chi connectivity index (χ2n) is 6.97. The van der Waals surface area contributed by atoms with Gasteiger partial charge in [0, 0.05) is 23.7 Å². The molecule has 0 unspecified atom stereocenters. The summed E-state index contributed by atoms with van der Waals surface area (Å²) in [7, 11) is 0. The van der Waals surface area contributed by atoms with Crippen LogP contribution in [0.2, 0.25) is 5.02 Å². The van der Waals surface area contributed by atoms with Crippen LogP contribution in [0.4, 0.5) is 0 Å². The highest BCUT2D eigenvalue weighted by molar-refractivity contribution is 6.47. The average Bonchev–Trinajstić information content (AvgIpc) is 3.31. The van der Waals surface area contributed by atoms with Crippen LogP contribution in [0.3, 0.4) is 0 Å². The first-order chi connectivity index (χ1) is 13.6. The third kappa shape index (κ3) is 3.32. The Morgan fingerprint density at radius 2 is 1.82 bits per heavy atom. The Morgan fingerprint density at radius 3 is 2.50 bits per heavy atom. The number of benzene rings is 2. The van der Waals surface area contributed by atoms with E-state index in [4.69, 9.17) is 16.3 Å². The lowest BCUT2D eigenvalue weighted by Crippen LogP contribution is -2.36. The predicted molar refractivity (Wildman–Crippen MR) is 106 cm³/mol. The molecule has 6 heteroatoms. The van der Waals surface area contributed by atoms with Crippen molar-refractivity contribution in [3.05, 3.63) is 76.3 Å². The Labute approximate surface area is 168 Å². The molecular formula is C22H20ClNO4. The molecule has 0 spiro atoms. The van der Waals surface area contributed by atoms with Crippen molar-refractivity contribution >= 4 is 29.1 Å². The summed E-state index contributed by atoms with van der Waals surface area (Å²) >= 11 is 6.41. The van der Waals surface area contributed by atoms with Crippen molar-refractivity contribution in [2.75, 3.05) is 13.2 Å². The maximum absolute atomic E-state index is 12.9. The van der Waals surface area contributed by atoms with Gasteiger partial charge in [0.15, 0.2) is 0 Å².